The van der Waals surface area contributed by atoms with Gasteiger partial charge in [-0.05, 0) is 37.1 Å². The van der Waals surface area contributed by atoms with Crippen LogP contribution in [0.2, 0.25) is 0 Å². The van der Waals surface area contributed by atoms with Crippen LogP contribution in [0.3, 0.4) is 0 Å². The molecule has 106 valence electrons. The van der Waals surface area contributed by atoms with Gasteiger partial charge in [0.2, 0.25) is 0 Å². The molecule has 0 aliphatic carbocycles. The fraction of sp³-hybridized carbons (Fsp3) is 0.312. The lowest BCUT2D eigenvalue weighted by molar-refractivity contribution is 0.0521. The minimum absolute atomic E-state index is 0.340. The van der Waals surface area contributed by atoms with Gasteiger partial charge in [0.05, 0.1) is 13.2 Å². The standard InChI is InChI=1S/C16H19NO3/c1-3-10-20-13-7-5-6-12(11-13)14-8-9-17-15(14)16(18)19-4-2/h5-9,11,17H,3-4,10H2,1-2H3. The van der Waals surface area contributed by atoms with Crippen LogP contribution in [0.5, 0.6) is 5.75 Å². The quantitative estimate of drug-likeness (QED) is 0.817. The molecule has 0 aliphatic rings. The van der Waals surface area contributed by atoms with Crippen molar-refractivity contribution in [3.8, 4) is 16.9 Å². The zero-order chi connectivity index (χ0) is 14.4. The van der Waals surface area contributed by atoms with E-state index in [0.717, 1.165) is 23.3 Å². The number of hydrogen-bond acceptors (Lipinski definition) is 3. The van der Waals surface area contributed by atoms with Crippen LogP contribution in [-0.2, 0) is 4.74 Å². The van der Waals surface area contributed by atoms with Gasteiger partial charge in [-0.2, -0.15) is 0 Å². The van der Waals surface area contributed by atoms with E-state index in [-0.39, 0.29) is 5.97 Å². The lowest BCUT2D eigenvalue weighted by Crippen LogP contribution is -2.06. The van der Waals surface area contributed by atoms with Crippen LogP contribution in [0.4, 0.5) is 0 Å². The summed E-state index contributed by atoms with van der Waals surface area (Å²) in [4.78, 5) is 14.8. The molecule has 0 spiro atoms. The largest absolute Gasteiger partial charge is 0.494 e. The van der Waals surface area contributed by atoms with Crippen LogP contribution < -0.4 is 4.74 Å². The van der Waals surface area contributed by atoms with E-state index in [1.54, 1.807) is 13.1 Å². The molecular formula is C16H19NO3. The van der Waals surface area contributed by atoms with Crippen molar-refractivity contribution < 1.29 is 14.3 Å². The Morgan fingerprint density at radius 1 is 1.25 bits per heavy atom. The first-order valence-corrected chi connectivity index (χ1v) is 6.84. The summed E-state index contributed by atoms with van der Waals surface area (Å²) in [6.45, 7) is 4.90. The maximum absolute atomic E-state index is 11.9. The Kier molecular flexibility index (Phi) is 4.82. The van der Waals surface area contributed by atoms with Gasteiger partial charge in [0.25, 0.3) is 0 Å². The van der Waals surface area contributed by atoms with Gasteiger partial charge >= 0.3 is 5.97 Å². The summed E-state index contributed by atoms with van der Waals surface area (Å²) in [7, 11) is 0. The van der Waals surface area contributed by atoms with Crippen molar-refractivity contribution >= 4 is 5.97 Å². The third-order valence-corrected chi connectivity index (χ3v) is 2.84. The van der Waals surface area contributed by atoms with E-state index in [2.05, 4.69) is 11.9 Å². The van der Waals surface area contributed by atoms with Crippen LogP contribution in [0.15, 0.2) is 36.5 Å². The number of carbonyl (C=O) groups excluding carboxylic acids is 1. The molecule has 4 heteroatoms. The summed E-state index contributed by atoms with van der Waals surface area (Å²) in [5, 5.41) is 0. The second-order valence-electron chi connectivity index (χ2n) is 4.36. The molecule has 2 aromatic rings. The van der Waals surface area contributed by atoms with Gasteiger partial charge in [-0.15, -0.1) is 0 Å². The topological polar surface area (TPSA) is 51.3 Å². The van der Waals surface area contributed by atoms with Gasteiger partial charge in [-0.3, -0.25) is 0 Å². The van der Waals surface area contributed by atoms with Crippen molar-refractivity contribution in [3.05, 3.63) is 42.2 Å². The van der Waals surface area contributed by atoms with Gasteiger partial charge in [-0.1, -0.05) is 19.1 Å². The van der Waals surface area contributed by atoms with Crippen molar-refractivity contribution in [2.45, 2.75) is 20.3 Å². The fourth-order valence-corrected chi connectivity index (χ4v) is 1.96. The van der Waals surface area contributed by atoms with E-state index >= 15 is 0 Å². The molecule has 0 aliphatic heterocycles. The van der Waals surface area contributed by atoms with Gasteiger partial charge in [0.1, 0.15) is 11.4 Å². The molecular weight excluding hydrogens is 254 g/mol. The molecule has 0 atom stereocenters. The van der Waals surface area contributed by atoms with Crippen molar-refractivity contribution in [1.82, 2.24) is 4.98 Å². The van der Waals surface area contributed by atoms with E-state index in [4.69, 9.17) is 9.47 Å². The number of carbonyl (C=O) groups is 1. The van der Waals surface area contributed by atoms with Crippen LogP contribution in [0.1, 0.15) is 30.8 Å². The third kappa shape index (κ3) is 3.20. The molecule has 20 heavy (non-hydrogen) atoms. The monoisotopic (exact) mass is 273 g/mol. The highest BCUT2D eigenvalue weighted by Gasteiger charge is 2.15. The van der Waals surface area contributed by atoms with Crippen molar-refractivity contribution in [1.29, 1.82) is 0 Å². The molecule has 2 rings (SSSR count). The lowest BCUT2D eigenvalue weighted by atomic mass is 10.1. The van der Waals surface area contributed by atoms with E-state index < -0.39 is 0 Å². The number of benzene rings is 1. The van der Waals surface area contributed by atoms with Crippen LogP contribution in [0.25, 0.3) is 11.1 Å². The van der Waals surface area contributed by atoms with Crippen LogP contribution >= 0.6 is 0 Å². The Balaban J connectivity index is 2.27. The van der Waals surface area contributed by atoms with E-state index in [9.17, 15) is 4.79 Å². The molecule has 0 bridgehead atoms. The second kappa shape index (κ2) is 6.80. The second-order valence-corrected chi connectivity index (χ2v) is 4.36. The molecule has 1 N–H and O–H groups in total. The van der Waals surface area contributed by atoms with Gasteiger partial charge < -0.3 is 14.5 Å². The number of H-pyrrole nitrogens is 1. The smallest absolute Gasteiger partial charge is 0.355 e. The van der Waals surface area contributed by atoms with E-state index in [0.29, 0.717) is 18.9 Å². The summed E-state index contributed by atoms with van der Waals surface area (Å²) in [5.41, 5.74) is 2.23. The lowest BCUT2D eigenvalue weighted by Gasteiger charge is -2.08. The molecule has 4 nitrogen and oxygen atoms in total. The number of hydrogen-bond donors (Lipinski definition) is 1. The SMILES string of the molecule is CCCOc1cccc(-c2cc[nH]c2C(=O)OCC)c1. The van der Waals surface area contributed by atoms with Gasteiger partial charge in [0.15, 0.2) is 0 Å². The first-order chi connectivity index (χ1) is 9.76. The summed E-state index contributed by atoms with van der Waals surface area (Å²) in [6, 6.07) is 9.58. The van der Waals surface area contributed by atoms with Crippen molar-refractivity contribution in [3.63, 3.8) is 0 Å². The average molecular weight is 273 g/mol. The molecule has 0 saturated carbocycles. The highest BCUT2D eigenvalue weighted by molar-refractivity contribution is 5.95. The Morgan fingerprint density at radius 2 is 2.10 bits per heavy atom. The number of rotatable bonds is 6. The van der Waals surface area contributed by atoms with Crippen LogP contribution in [-0.4, -0.2) is 24.2 Å². The maximum Gasteiger partial charge on any atom is 0.355 e. The van der Waals surface area contributed by atoms with E-state index in [1.807, 2.05) is 30.3 Å². The molecule has 0 amide bonds. The number of aromatic amines is 1. The summed E-state index contributed by atoms with van der Waals surface area (Å²) < 4.78 is 10.7. The Labute approximate surface area is 118 Å². The predicted molar refractivity (Wildman–Crippen MR) is 78.0 cm³/mol. The molecule has 0 saturated heterocycles. The third-order valence-electron chi connectivity index (χ3n) is 2.84. The summed E-state index contributed by atoms with van der Waals surface area (Å²) in [6.07, 6.45) is 2.70. The fourth-order valence-electron chi connectivity index (χ4n) is 1.96. The van der Waals surface area contributed by atoms with Crippen molar-refractivity contribution in [2.24, 2.45) is 0 Å². The van der Waals surface area contributed by atoms with Gasteiger partial charge in [-0.25, -0.2) is 4.79 Å². The zero-order valence-electron chi connectivity index (χ0n) is 11.8. The summed E-state index contributed by atoms with van der Waals surface area (Å²) in [5.74, 6) is 0.465. The normalized spacial score (nSPS) is 10.3. The minimum atomic E-state index is -0.340. The number of esters is 1. The van der Waals surface area contributed by atoms with Gasteiger partial charge in [0, 0.05) is 11.8 Å². The molecule has 1 heterocycles. The minimum Gasteiger partial charge on any atom is -0.494 e. The molecule has 0 fully saturated rings. The molecule has 0 radical (unpaired) electrons. The highest BCUT2D eigenvalue weighted by atomic mass is 16.5. The Hall–Kier alpha value is -2.23. The zero-order valence-corrected chi connectivity index (χ0v) is 11.8. The van der Waals surface area contributed by atoms with Crippen LogP contribution in [0, 0.1) is 0 Å². The average Bonchev–Trinajstić information content (AvgIpc) is 2.95. The summed E-state index contributed by atoms with van der Waals surface area (Å²) >= 11 is 0. The molecule has 1 aromatic heterocycles. The first-order valence-electron chi connectivity index (χ1n) is 6.84. The first kappa shape index (κ1) is 14.2. The van der Waals surface area contributed by atoms with Crippen molar-refractivity contribution in [2.75, 3.05) is 13.2 Å². The maximum atomic E-state index is 11.9. The Morgan fingerprint density at radius 3 is 2.85 bits per heavy atom. The predicted octanol–water partition coefficient (Wildman–Crippen LogP) is 3.65. The molecule has 0 unspecified atom stereocenters. The van der Waals surface area contributed by atoms with E-state index in [1.165, 1.54) is 0 Å². The number of aromatic nitrogens is 1. The Bertz CT molecular complexity index is 575. The number of nitrogens with one attached hydrogen (secondary N) is 1. The number of ether oxygens (including phenoxy) is 2. The highest BCUT2D eigenvalue weighted by Crippen LogP contribution is 2.27. The molecule has 1 aromatic carbocycles.